The van der Waals surface area contributed by atoms with Crippen molar-refractivity contribution >= 4 is 70.5 Å². The smallest absolute Gasteiger partial charge is 0.200 e. The molecule has 1 aliphatic rings. The first-order chi connectivity index (χ1) is 21.5. The molecule has 0 atom stereocenters. The first kappa shape index (κ1) is 25.3. The number of fused-ring (bicyclic) bond motifs is 7. The van der Waals surface area contributed by atoms with Gasteiger partial charge in [0.25, 0.3) is 0 Å². The molecule has 2 aromatic heterocycles. The van der Waals surface area contributed by atoms with Gasteiger partial charge in [0.05, 0.1) is 22.1 Å². The average Bonchev–Trinajstić information content (AvgIpc) is 3.42. The van der Waals surface area contributed by atoms with Crippen molar-refractivity contribution in [3.63, 3.8) is 0 Å². The predicted octanol–water partition coefficient (Wildman–Crippen LogP) is 11.1. The molecule has 4 heteroatoms. The van der Waals surface area contributed by atoms with Crippen molar-refractivity contribution in [1.82, 2.24) is 0 Å². The van der Waals surface area contributed by atoms with Crippen LogP contribution < -0.4 is 10.3 Å². The molecule has 0 fully saturated rings. The van der Waals surface area contributed by atoms with E-state index in [-0.39, 0.29) is 10.8 Å². The highest BCUT2D eigenvalue weighted by atomic mass is 32.1. The van der Waals surface area contributed by atoms with Gasteiger partial charge in [-0.15, -0.1) is 11.3 Å². The molecule has 210 valence electrons. The SMILES string of the molecule is CC1(C)c2ccccc2N(c2ccc3oc4cc(-c5ccccc5)ccc4c(=O)c3c2)c2cc3c(cc21)sc1ccccc13. The molecule has 0 unspecified atom stereocenters. The summed E-state index contributed by atoms with van der Waals surface area (Å²) in [6.07, 6.45) is 0. The van der Waals surface area contributed by atoms with Crippen LogP contribution in [0.15, 0.2) is 137 Å². The lowest BCUT2D eigenvalue weighted by Gasteiger charge is -2.42. The number of para-hydroxylation sites is 1. The van der Waals surface area contributed by atoms with Crippen LogP contribution >= 0.6 is 11.3 Å². The highest BCUT2D eigenvalue weighted by Gasteiger charge is 2.37. The van der Waals surface area contributed by atoms with Gasteiger partial charge in [0, 0.05) is 31.3 Å². The Bertz CT molecular complexity index is 2500. The molecule has 3 heterocycles. The summed E-state index contributed by atoms with van der Waals surface area (Å²) < 4.78 is 8.96. The van der Waals surface area contributed by atoms with Gasteiger partial charge >= 0.3 is 0 Å². The lowest BCUT2D eigenvalue weighted by molar-refractivity contribution is 0.633. The van der Waals surface area contributed by atoms with Crippen molar-refractivity contribution in [2.24, 2.45) is 0 Å². The van der Waals surface area contributed by atoms with Gasteiger partial charge in [0.1, 0.15) is 11.2 Å². The number of thiophene rings is 1. The van der Waals surface area contributed by atoms with Crippen LogP contribution in [0.1, 0.15) is 25.0 Å². The average molecular weight is 586 g/mol. The third-order valence-electron chi connectivity index (χ3n) is 9.25. The molecule has 0 spiro atoms. The number of anilines is 3. The van der Waals surface area contributed by atoms with Crippen molar-refractivity contribution in [1.29, 1.82) is 0 Å². The van der Waals surface area contributed by atoms with Crippen LogP contribution in [-0.2, 0) is 5.41 Å². The van der Waals surface area contributed by atoms with Gasteiger partial charge in [-0.05, 0) is 76.9 Å². The molecule has 3 nitrogen and oxygen atoms in total. The van der Waals surface area contributed by atoms with E-state index in [0.29, 0.717) is 21.9 Å². The zero-order chi connectivity index (χ0) is 29.6. The summed E-state index contributed by atoms with van der Waals surface area (Å²) in [4.78, 5) is 16.3. The molecule has 9 rings (SSSR count). The van der Waals surface area contributed by atoms with Gasteiger partial charge in [-0.25, -0.2) is 0 Å². The maximum absolute atomic E-state index is 14.0. The summed E-state index contributed by atoms with van der Waals surface area (Å²) in [7, 11) is 0. The maximum atomic E-state index is 14.0. The molecule has 1 aliphatic heterocycles. The Kier molecular flexibility index (Phi) is 5.27. The minimum absolute atomic E-state index is 0.0205. The quantitative estimate of drug-likeness (QED) is 0.189. The summed E-state index contributed by atoms with van der Waals surface area (Å²) in [5.74, 6) is 0. The predicted molar refractivity (Wildman–Crippen MR) is 185 cm³/mol. The van der Waals surface area contributed by atoms with E-state index in [9.17, 15) is 4.79 Å². The number of rotatable bonds is 2. The zero-order valence-corrected chi connectivity index (χ0v) is 25.1. The Morgan fingerprint density at radius 1 is 0.568 bits per heavy atom. The van der Waals surface area contributed by atoms with Gasteiger partial charge < -0.3 is 9.32 Å². The van der Waals surface area contributed by atoms with Crippen LogP contribution in [0.25, 0.3) is 53.2 Å². The van der Waals surface area contributed by atoms with Gasteiger partial charge in [-0.2, -0.15) is 0 Å². The number of hydrogen-bond acceptors (Lipinski definition) is 4. The Labute approximate surface area is 258 Å². The summed E-state index contributed by atoms with van der Waals surface area (Å²) in [6.45, 7) is 4.62. The first-order valence-electron chi connectivity index (χ1n) is 14.9. The van der Waals surface area contributed by atoms with Gasteiger partial charge in [0.15, 0.2) is 0 Å². The normalized spacial score (nSPS) is 13.9. The van der Waals surface area contributed by atoms with E-state index in [0.717, 1.165) is 28.2 Å². The molecule has 8 aromatic rings. The van der Waals surface area contributed by atoms with Gasteiger partial charge in [0.2, 0.25) is 5.43 Å². The number of nitrogens with zero attached hydrogens (tertiary/aromatic N) is 1. The van der Waals surface area contributed by atoms with Crippen molar-refractivity contribution < 1.29 is 4.42 Å². The summed E-state index contributed by atoms with van der Waals surface area (Å²) in [5.41, 5.74) is 8.80. The van der Waals surface area contributed by atoms with Crippen molar-refractivity contribution in [3.8, 4) is 11.1 Å². The van der Waals surface area contributed by atoms with Crippen LogP contribution in [0.2, 0.25) is 0 Å². The molecule has 0 saturated heterocycles. The van der Waals surface area contributed by atoms with Crippen LogP contribution in [0.5, 0.6) is 0 Å². The molecular weight excluding hydrogens is 559 g/mol. The second-order valence-electron chi connectivity index (χ2n) is 12.1. The summed E-state index contributed by atoms with van der Waals surface area (Å²) >= 11 is 1.85. The first-order valence-corrected chi connectivity index (χ1v) is 15.7. The molecule has 6 aromatic carbocycles. The second-order valence-corrected chi connectivity index (χ2v) is 13.2. The van der Waals surface area contributed by atoms with Crippen molar-refractivity contribution in [2.75, 3.05) is 4.90 Å². The molecule has 0 aliphatic carbocycles. The Hall–Kier alpha value is -5.19. The standard InChI is InChI=1S/C40H27NO2S/c1-40(2)31-13-7-8-14-33(31)41(34-22-29-27-12-6-9-15-37(27)44-38(29)23-32(34)40)26-17-19-35-30(21-26)39(42)28-18-16-25(20-36(28)43-35)24-10-4-3-5-11-24/h3-23H,1-2H3. The minimum Gasteiger partial charge on any atom is -0.456 e. The van der Waals surface area contributed by atoms with Crippen LogP contribution in [0, 0.1) is 0 Å². The second kappa shape index (κ2) is 9.15. The molecule has 0 radical (unpaired) electrons. The summed E-state index contributed by atoms with van der Waals surface area (Å²) in [6, 6.07) is 44.0. The lowest BCUT2D eigenvalue weighted by atomic mass is 9.73. The summed E-state index contributed by atoms with van der Waals surface area (Å²) in [5, 5.41) is 3.69. The minimum atomic E-state index is -0.199. The Morgan fingerprint density at radius 3 is 2.25 bits per heavy atom. The van der Waals surface area contributed by atoms with Crippen LogP contribution in [0.3, 0.4) is 0 Å². The van der Waals surface area contributed by atoms with Crippen molar-refractivity contribution in [2.45, 2.75) is 19.3 Å². The molecule has 0 amide bonds. The van der Waals surface area contributed by atoms with Crippen LogP contribution in [-0.4, -0.2) is 0 Å². The molecule has 44 heavy (non-hydrogen) atoms. The molecule has 0 N–H and O–H groups in total. The van der Waals surface area contributed by atoms with E-state index in [4.69, 9.17) is 4.42 Å². The largest absolute Gasteiger partial charge is 0.456 e. The van der Waals surface area contributed by atoms with Gasteiger partial charge in [-0.3, -0.25) is 4.79 Å². The molecule has 0 bridgehead atoms. The van der Waals surface area contributed by atoms with E-state index in [1.54, 1.807) is 0 Å². The lowest BCUT2D eigenvalue weighted by Crippen LogP contribution is -2.30. The van der Waals surface area contributed by atoms with E-state index < -0.39 is 0 Å². The van der Waals surface area contributed by atoms with E-state index in [2.05, 4.69) is 97.6 Å². The van der Waals surface area contributed by atoms with Crippen molar-refractivity contribution in [3.05, 3.63) is 149 Å². The van der Waals surface area contributed by atoms with E-state index in [1.807, 2.05) is 59.9 Å². The molecule has 0 saturated carbocycles. The fraction of sp³-hybridized carbons (Fsp3) is 0.0750. The highest BCUT2D eigenvalue weighted by Crippen LogP contribution is 2.54. The van der Waals surface area contributed by atoms with Crippen LogP contribution in [0.4, 0.5) is 17.1 Å². The fourth-order valence-corrected chi connectivity index (χ4v) is 8.11. The maximum Gasteiger partial charge on any atom is 0.200 e. The van der Waals surface area contributed by atoms with E-state index in [1.165, 1.54) is 31.3 Å². The number of benzene rings is 6. The Morgan fingerprint density at radius 2 is 1.36 bits per heavy atom. The monoisotopic (exact) mass is 585 g/mol. The third-order valence-corrected chi connectivity index (χ3v) is 10.4. The zero-order valence-electron chi connectivity index (χ0n) is 24.3. The topological polar surface area (TPSA) is 33.5 Å². The fourth-order valence-electron chi connectivity index (χ4n) is 6.99. The highest BCUT2D eigenvalue weighted by molar-refractivity contribution is 7.25. The number of hydrogen-bond donors (Lipinski definition) is 0. The van der Waals surface area contributed by atoms with Gasteiger partial charge in [-0.1, -0.05) is 86.6 Å². The Balaban J connectivity index is 1.28. The molecular formula is C40H27NO2S. The third kappa shape index (κ3) is 3.58. The van der Waals surface area contributed by atoms with E-state index >= 15 is 0 Å².